The normalized spacial score (nSPS) is 25.6. The van der Waals surface area contributed by atoms with E-state index in [0.29, 0.717) is 25.8 Å². The van der Waals surface area contributed by atoms with Crippen LogP contribution >= 0.6 is 0 Å². The van der Waals surface area contributed by atoms with E-state index in [4.69, 9.17) is 15.2 Å². The highest BCUT2D eigenvalue weighted by Gasteiger charge is 2.69. The van der Waals surface area contributed by atoms with Gasteiger partial charge in [0.1, 0.15) is 18.7 Å². The molecule has 0 spiro atoms. The van der Waals surface area contributed by atoms with Crippen molar-refractivity contribution in [2.45, 2.75) is 117 Å². The highest BCUT2D eigenvalue weighted by Crippen LogP contribution is 2.65. The standard InChI is InChI=1S/C33H53N5O8/c1-18(2)16-45-31(44)46-17-33(12-8-7-9-13-33)37-30(43)36-24(19(3)4)29(42)38-15-21-23(32(21,5)6)25(38)28(41)35-22(14-20-10-11-20)26(39)27(34)40/h18-25H,7-17H2,1-6H3,(H2,34,40)(H,35,41)(H2,36,37,43)/t21-,22?,23-,24-,25-/m0/s1. The molecule has 0 aromatic carbocycles. The summed E-state index contributed by atoms with van der Waals surface area (Å²) >= 11 is 0. The smallest absolute Gasteiger partial charge is 0.434 e. The van der Waals surface area contributed by atoms with Crippen molar-refractivity contribution in [3.05, 3.63) is 0 Å². The molecule has 0 aromatic heterocycles. The van der Waals surface area contributed by atoms with Crippen molar-refractivity contribution in [3.63, 3.8) is 0 Å². The van der Waals surface area contributed by atoms with Gasteiger partial charge in [0.15, 0.2) is 0 Å². The van der Waals surface area contributed by atoms with Gasteiger partial charge in [-0.3, -0.25) is 19.2 Å². The van der Waals surface area contributed by atoms with Crippen molar-refractivity contribution in [1.82, 2.24) is 20.9 Å². The number of carbonyl (C=O) groups excluding carboxylic acids is 6. The molecule has 1 heterocycles. The monoisotopic (exact) mass is 647 g/mol. The Kier molecular flexibility index (Phi) is 10.9. The molecule has 5 N–H and O–H groups in total. The van der Waals surface area contributed by atoms with Gasteiger partial charge >= 0.3 is 12.2 Å². The second-order valence-electron chi connectivity index (χ2n) is 15.3. The molecule has 4 rings (SSSR count). The van der Waals surface area contributed by atoms with Gasteiger partial charge in [-0.05, 0) is 54.3 Å². The minimum Gasteiger partial charge on any atom is -0.434 e. The summed E-state index contributed by atoms with van der Waals surface area (Å²) < 4.78 is 10.6. The summed E-state index contributed by atoms with van der Waals surface area (Å²) in [4.78, 5) is 79.4. The number of likely N-dealkylation sites (tertiary alicyclic amines) is 1. The van der Waals surface area contributed by atoms with E-state index in [1.54, 1.807) is 0 Å². The number of nitrogens with zero attached hydrogens (tertiary/aromatic N) is 1. The summed E-state index contributed by atoms with van der Waals surface area (Å²) in [6.07, 6.45) is 5.30. The van der Waals surface area contributed by atoms with Crippen LogP contribution in [0.5, 0.6) is 0 Å². The molecule has 13 heteroatoms. The van der Waals surface area contributed by atoms with E-state index in [1.807, 2.05) is 27.7 Å². The molecule has 1 saturated heterocycles. The summed E-state index contributed by atoms with van der Waals surface area (Å²) in [5.74, 6) is -2.76. The Balaban J connectivity index is 1.45. The largest absolute Gasteiger partial charge is 0.508 e. The zero-order valence-corrected chi connectivity index (χ0v) is 28.2. The van der Waals surface area contributed by atoms with Crippen molar-refractivity contribution < 1.29 is 38.2 Å². The fraction of sp³-hybridized carbons (Fsp3) is 0.818. The predicted octanol–water partition coefficient (Wildman–Crippen LogP) is 2.64. The van der Waals surface area contributed by atoms with Gasteiger partial charge in [-0.2, -0.15) is 0 Å². The summed E-state index contributed by atoms with van der Waals surface area (Å²) in [7, 11) is 0. The lowest BCUT2D eigenvalue weighted by Crippen LogP contribution is -2.62. The number of nitrogens with two attached hydrogens (primary N) is 1. The molecule has 4 aliphatic rings. The molecule has 258 valence electrons. The van der Waals surface area contributed by atoms with Gasteiger partial charge in [0.05, 0.1) is 18.2 Å². The fourth-order valence-electron chi connectivity index (χ4n) is 7.28. The van der Waals surface area contributed by atoms with Crippen LogP contribution in [0.15, 0.2) is 0 Å². The van der Waals surface area contributed by atoms with Gasteiger partial charge in [-0.15, -0.1) is 0 Å². The number of amides is 5. The van der Waals surface area contributed by atoms with Crippen LogP contribution in [0, 0.1) is 35.0 Å². The van der Waals surface area contributed by atoms with Gasteiger partial charge < -0.3 is 36.1 Å². The average molecular weight is 648 g/mol. The Labute approximate surface area is 271 Å². The number of ketones is 1. The molecule has 0 bridgehead atoms. The number of primary amides is 1. The average Bonchev–Trinajstić information content (AvgIpc) is 3.84. The van der Waals surface area contributed by atoms with Crippen LogP contribution in [0.3, 0.4) is 0 Å². The Bertz CT molecular complexity index is 1190. The maximum atomic E-state index is 14.1. The minimum absolute atomic E-state index is 0.0451. The maximum absolute atomic E-state index is 14.1. The Hall–Kier alpha value is -3.38. The van der Waals surface area contributed by atoms with Crippen molar-refractivity contribution in [1.29, 1.82) is 0 Å². The van der Waals surface area contributed by atoms with E-state index in [1.165, 1.54) is 4.90 Å². The van der Waals surface area contributed by atoms with Crippen LogP contribution < -0.4 is 21.7 Å². The van der Waals surface area contributed by atoms with Crippen LogP contribution in [-0.2, 0) is 28.7 Å². The third kappa shape index (κ3) is 8.31. The minimum atomic E-state index is -1.10. The van der Waals surface area contributed by atoms with Gasteiger partial charge in [-0.25, -0.2) is 9.59 Å². The number of Topliss-reactive ketones (excluding diaryl/α,β-unsaturated/α-hetero) is 1. The number of fused-ring (bicyclic) bond motifs is 1. The van der Waals surface area contributed by atoms with Gasteiger partial charge in [0, 0.05) is 6.54 Å². The van der Waals surface area contributed by atoms with E-state index in [-0.39, 0.29) is 54.1 Å². The quantitative estimate of drug-likeness (QED) is 0.164. The second kappa shape index (κ2) is 14.2. The van der Waals surface area contributed by atoms with Gasteiger partial charge in [0.2, 0.25) is 17.6 Å². The van der Waals surface area contributed by atoms with Gasteiger partial charge in [0.25, 0.3) is 5.91 Å². The number of hydrogen-bond donors (Lipinski definition) is 4. The summed E-state index contributed by atoms with van der Waals surface area (Å²) in [6.45, 7) is 12.1. The van der Waals surface area contributed by atoms with Crippen molar-refractivity contribution in [2.75, 3.05) is 19.8 Å². The zero-order chi connectivity index (χ0) is 34.0. The Morgan fingerprint density at radius 3 is 2.15 bits per heavy atom. The topological polar surface area (TPSA) is 186 Å². The molecule has 1 aliphatic heterocycles. The first-order chi connectivity index (χ1) is 21.6. The number of urea groups is 1. The van der Waals surface area contributed by atoms with Gasteiger partial charge in [-0.1, -0.05) is 73.6 Å². The highest BCUT2D eigenvalue weighted by molar-refractivity contribution is 6.37. The molecule has 4 fully saturated rings. The number of piperidine rings is 1. The van der Waals surface area contributed by atoms with E-state index in [0.717, 1.165) is 32.1 Å². The lowest BCUT2D eigenvalue weighted by Gasteiger charge is -2.38. The fourth-order valence-corrected chi connectivity index (χ4v) is 7.28. The van der Waals surface area contributed by atoms with Crippen molar-refractivity contribution >= 4 is 35.7 Å². The predicted molar refractivity (Wildman–Crippen MR) is 168 cm³/mol. The number of carbonyl (C=O) groups is 6. The molecule has 1 unspecified atom stereocenters. The van der Waals surface area contributed by atoms with Crippen molar-refractivity contribution in [2.24, 2.45) is 40.7 Å². The summed E-state index contributed by atoms with van der Waals surface area (Å²) in [5.41, 5.74) is 4.31. The highest BCUT2D eigenvalue weighted by atomic mass is 16.7. The van der Waals surface area contributed by atoms with E-state index in [9.17, 15) is 28.8 Å². The molecular formula is C33H53N5O8. The molecule has 3 aliphatic carbocycles. The molecule has 46 heavy (non-hydrogen) atoms. The molecule has 13 nitrogen and oxygen atoms in total. The van der Waals surface area contributed by atoms with Crippen LogP contribution in [0.25, 0.3) is 0 Å². The third-order valence-electron chi connectivity index (χ3n) is 10.3. The molecule has 0 radical (unpaired) electrons. The molecule has 3 saturated carbocycles. The van der Waals surface area contributed by atoms with Crippen LogP contribution in [0.1, 0.15) is 92.9 Å². The number of rotatable bonds is 14. The summed E-state index contributed by atoms with van der Waals surface area (Å²) in [6, 6.07) is -3.38. The van der Waals surface area contributed by atoms with E-state index >= 15 is 0 Å². The molecule has 0 aromatic rings. The summed E-state index contributed by atoms with van der Waals surface area (Å²) in [5, 5.41) is 8.62. The van der Waals surface area contributed by atoms with Crippen molar-refractivity contribution in [3.8, 4) is 0 Å². The van der Waals surface area contributed by atoms with E-state index < -0.39 is 53.4 Å². The zero-order valence-electron chi connectivity index (χ0n) is 28.2. The maximum Gasteiger partial charge on any atom is 0.508 e. The SMILES string of the molecule is CC(C)COC(=O)OCC1(NC(=O)N[C@H](C(=O)N2C[C@H]3[C@@H]([C@H]2C(=O)NC(CC2CC2)C(=O)C(N)=O)C3(C)C)C(C)C)CCCCC1. The Morgan fingerprint density at radius 1 is 0.935 bits per heavy atom. The first-order valence-corrected chi connectivity index (χ1v) is 16.9. The first kappa shape index (κ1) is 35.5. The lowest BCUT2D eigenvalue weighted by atomic mass is 9.82. The number of hydrogen-bond acceptors (Lipinski definition) is 8. The second-order valence-corrected chi connectivity index (χ2v) is 15.3. The lowest BCUT2D eigenvalue weighted by molar-refractivity contribution is -0.144. The van der Waals surface area contributed by atoms with Crippen LogP contribution in [-0.4, -0.2) is 84.0 Å². The first-order valence-electron chi connectivity index (χ1n) is 16.9. The number of nitrogens with one attached hydrogen (secondary N) is 3. The molecular weight excluding hydrogens is 594 g/mol. The van der Waals surface area contributed by atoms with E-state index in [2.05, 4.69) is 29.8 Å². The molecule has 5 atom stereocenters. The van der Waals surface area contributed by atoms with Crippen LogP contribution in [0.2, 0.25) is 0 Å². The third-order valence-corrected chi connectivity index (χ3v) is 10.3. The molecule has 5 amide bonds. The Morgan fingerprint density at radius 2 is 1.59 bits per heavy atom. The van der Waals surface area contributed by atoms with Crippen LogP contribution in [0.4, 0.5) is 9.59 Å². The number of ether oxygens (including phenoxy) is 2.